The predicted molar refractivity (Wildman–Crippen MR) is 153 cm³/mol. The van der Waals surface area contributed by atoms with Crippen molar-refractivity contribution in [3.63, 3.8) is 0 Å². The van der Waals surface area contributed by atoms with Gasteiger partial charge in [0.2, 0.25) is 5.91 Å². The van der Waals surface area contributed by atoms with Crippen molar-refractivity contribution in [1.29, 1.82) is 0 Å². The molecule has 218 valence electrons. The third-order valence-corrected chi connectivity index (χ3v) is 8.68. The molecule has 0 aliphatic carbocycles. The fraction of sp³-hybridized carbons (Fsp3) is 0.517. The highest BCUT2D eigenvalue weighted by Gasteiger charge is 2.43. The number of halogens is 2. The number of H-pyrrole nitrogens is 1. The van der Waals surface area contributed by atoms with Crippen LogP contribution in [0.3, 0.4) is 0 Å². The Labute approximate surface area is 238 Å². The van der Waals surface area contributed by atoms with Gasteiger partial charge in [0, 0.05) is 56.1 Å². The lowest BCUT2D eigenvalue weighted by Crippen LogP contribution is -2.49. The van der Waals surface area contributed by atoms with E-state index in [4.69, 9.17) is 14.7 Å². The number of likely N-dealkylation sites (N-methyl/N-ethyl adjacent to an activating group) is 1. The van der Waals surface area contributed by atoms with Gasteiger partial charge in [0.25, 0.3) is 5.92 Å². The zero-order valence-electron chi connectivity index (χ0n) is 23.8. The van der Waals surface area contributed by atoms with Crippen molar-refractivity contribution in [2.75, 3.05) is 62.7 Å². The molecule has 0 saturated carbocycles. The first-order valence-corrected chi connectivity index (χ1v) is 14.1. The molecule has 3 aromatic rings. The van der Waals surface area contributed by atoms with Crippen LogP contribution in [-0.2, 0) is 17.8 Å². The Bertz CT molecular complexity index is 1480. The summed E-state index contributed by atoms with van der Waals surface area (Å²) in [6, 6.07) is 1.90. The smallest absolute Gasteiger partial charge is 0.318 e. The number of nitrogens with one attached hydrogen (secondary N) is 1. The number of hydrogen-bond acceptors (Lipinski definition) is 8. The fourth-order valence-electron chi connectivity index (χ4n) is 6.31. The number of benzene rings is 1. The summed E-state index contributed by atoms with van der Waals surface area (Å²) < 4.78 is 34.0. The molecule has 2 aromatic heterocycles. The molecular formula is C29H36F2N8O2. The quantitative estimate of drug-likeness (QED) is 0.455. The molecule has 1 amide bonds. The minimum Gasteiger partial charge on any atom is -0.462 e. The van der Waals surface area contributed by atoms with Crippen molar-refractivity contribution in [3.8, 4) is 6.01 Å². The highest BCUT2D eigenvalue weighted by molar-refractivity contribution is 5.94. The number of likely N-dealkylation sites (tertiary alicyclic amines) is 1. The second kappa shape index (κ2) is 10.6. The van der Waals surface area contributed by atoms with Crippen molar-refractivity contribution in [1.82, 2.24) is 30.0 Å². The second-order valence-corrected chi connectivity index (χ2v) is 11.4. The van der Waals surface area contributed by atoms with E-state index in [1.165, 1.54) is 17.2 Å². The Hall–Kier alpha value is -3.80. The Morgan fingerprint density at radius 1 is 1.20 bits per heavy atom. The predicted octanol–water partition coefficient (Wildman–Crippen LogP) is 3.09. The van der Waals surface area contributed by atoms with E-state index in [0.29, 0.717) is 32.7 Å². The number of nitrogens with zero attached hydrogens (tertiary/aromatic N) is 7. The number of piperazine rings is 1. The lowest BCUT2D eigenvalue weighted by molar-refractivity contribution is -0.126. The van der Waals surface area contributed by atoms with Crippen LogP contribution in [0.5, 0.6) is 6.01 Å². The first-order chi connectivity index (χ1) is 19.6. The highest BCUT2D eigenvalue weighted by Crippen LogP contribution is 2.37. The number of aromatic nitrogens is 4. The van der Waals surface area contributed by atoms with Gasteiger partial charge in [-0.25, -0.2) is 8.78 Å². The third kappa shape index (κ3) is 5.20. The highest BCUT2D eigenvalue weighted by atomic mass is 19.3. The number of hydrogen-bond donors (Lipinski definition) is 1. The van der Waals surface area contributed by atoms with Gasteiger partial charge >= 0.3 is 6.01 Å². The first kappa shape index (κ1) is 27.4. The van der Waals surface area contributed by atoms with E-state index in [9.17, 15) is 13.6 Å². The van der Waals surface area contributed by atoms with Crippen LogP contribution in [-0.4, -0.2) is 101 Å². The largest absolute Gasteiger partial charge is 0.462 e. The van der Waals surface area contributed by atoms with Crippen molar-refractivity contribution in [3.05, 3.63) is 47.3 Å². The molecule has 6 rings (SSSR count). The van der Waals surface area contributed by atoms with Crippen molar-refractivity contribution in [2.24, 2.45) is 0 Å². The SMILES string of the molecule is C=CC(=O)N1CCN(c2nc(OC[C@@H]3CC(F)(F)CN3C)nc3c2CCN(c2c(C)c(C)cc4[nH]ncc24)C3)CC1. The van der Waals surface area contributed by atoms with E-state index < -0.39 is 12.0 Å². The summed E-state index contributed by atoms with van der Waals surface area (Å²) in [7, 11) is 1.69. The maximum absolute atomic E-state index is 14.0. The van der Waals surface area contributed by atoms with Crippen LogP contribution >= 0.6 is 0 Å². The average Bonchev–Trinajstić information content (AvgIpc) is 3.52. The molecule has 1 N–H and O–H groups in total. The molecule has 3 aliphatic rings. The van der Waals surface area contributed by atoms with Gasteiger partial charge in [0.1, 0.15) is 12.4 Å². The molecule has 3 aliphatic heterocycles. The summed E-state index contributed by atoms with van der Waals surface area (Å²) >= 11 is 0. The van der Waals surface area contributed by atoms with Crippen LogP contribution in [0.1, 0.15) is 28.8 Å². The normalized spacial score (nSPS) is 20.9. The minimum atomic E-state index is -2.72. The number of carbonyl (C=O) groups excluding carboxylic acids is 1. The molecule has 41 heavy (non-hydrogen) atoms. The summed E-state index contributed by atoms with van der Waals surface area (Å²) in [6.45, 7) is 11.4. The maximum atomic E-state index is 14.0. The molecule has 10 nitrogen and oxygen atoms in total. The molecule has 2 fully saturated rings. The van der Waals surface area contributed by atoms with Gasteiger partial charge in [-0.1, -0.05) is 6.58 Å². The molecule has 0 bridgehead atoms. The molecule has 2 saturated heterocycles. The third-order valence-electron chi connectivity index (χ3n) is 8.68. The standard InChI is InChI=1S/C29H36F2N8O2/c1-5-25(40)37-8-10-38(11-9-37)27-21-6-7-39(26-19(3)18(2)12-23-22(26)14-32-35-23)15-24(21)33-28(34-27)41-16-20-13-29(30,31)17-36(20)4/h5,12,14,20H,1,6-11,13,15-17H2,2-4H3,(H,32,35)/t20-/m0/s1. The number of carbonyl (C=O) groups is 1. The number of aryl methyl sites for hydroxylation is 1. The summed E-state index contributed by atoms with van der Waals surface area (Å²) in [6.07, 6.45) is 3.70. The van der Waals surface area contributed by atoms with Gasteiger partial charge in [-0.05, 0) is 50.6 Å². The van der Waals surface area contributed by atoms with Crippen LogP contribution in [0.2, 0.25) is 0 Å². The van der Waals surface area contributed by atoms with Gasteiger partial charge in [-0.3, -0.25) is 14.8 Å². The number of anilines is 2. The lowest BCUT2D eigenvalue weighted by Gasteiger charge is -2.38. The monoisotopic (exact) mass is 566 g/mol. The molecule has 5 heterocycles. The molecule has 1 aromatic carbocycles. The zero-order valence-corrected chi connectivity index (χ0v) is 23.8. The number of aromatic amines is 1. The van der Waals surface area contributed by atoms with E-state index in [1.807, 2.05) is 6.20 Å². The van der Waals surface area contributed by atoms with Gasteiger partial charge in [0.05, 0.1) is 36.2 Å². The van der Waals surface area contributed by atoms with Crippen LogP contribution in [0.15, 0.2) is 24.9 Å². The molecule has 0 spiro atoms. The Kier molecular flexibility index (Phi) is 7.04. The van der Waals surface area contributed by atoms with Gasteiger partial charge < -0.3 is 19.4 Å². The molecule has 12 heteroatoms. The van der Waals surface area contributed by atoms with E-state index in [-0.39, 0.29) is 31.5 Å². The number of amides is 1. The van der Waals surface area contributed by atoms with E-state index in [2.05, 4.69) is 46.5 Å². The average molecular weight is 567 g/mol. The van der Waals surface area contributed by atoms with Crippen molar-refractivity contribution in [2.45, 2.75) is 45.2 Å². The van der Waals surface area contributed by atoms with Gasteiger partial charge in [-0.2, -0.15) is 15.1 Å². The van der Waals surface area contributed by atoms with E-state index >= 15 is 0 Å². The minimum absolute atomic E-state index is 0.0781. The Morgan fingerprint density at radius 3 is 2.68 bits per heavy atom. The van der Waals surface area contributed by atoms with Crippen molar-refractivity contribution >= 4 is 28.3 Å². The number of fused-ring (bicyclic) bond motifs is 2. The number of alkyl halides is 2. The summed E-state index contributed by atoms with van der Waals surface area (Å²) in [5.74, 6) is -2.00. The van der Waals surface area contributed by atoms with Crippen LogP contribution in [0.4, 0.5) is 20.3 Å². The number of ether oxygens (including phenoxy) is 1. The van der Waals surface area contributed by atoms with Crippen LogP contribution in [0.25, 0.3) is 10.9 Å². The molecular weight excluding hydrogens is 530 g/mol. The zero-order chi connectivity index (χ0) is 28.9. The van der Waals surface area contributed by atoms with Crippen LogP contribution < -0.4 is 14.5 Å². The van der Waals surface area contributed by atoms with Crippen molar-refractivity contribution < 1.29 is 18.3 Å². The van der Waals surface area contributed by atoms with Gasteiger partial charge in [0.15, 0.2) is 0 Å². The molecule has 0 radical (unpaired) electrons. The molecule has 0 unspecified atom stereocenters. The van der Waals surface area contributed by atoms with E-state index in [1.54, 1.807) is 16.8 Å². The van der Waals surface area contributed by atoms with Crippen LogP contribution in [0, 0.1) is 13.8 Å². The molecule has 1 atom stereocenters. The van der Waals surface area contributed by atoms with E-state index in [0.717, 1.165) is 46.6 Å². The fourth-order valence-corrected chi connectivity index (χ4v) is 6.31. The lowest BCUT2D eigenvalue weighted by atomic mass is 9.99. The second-order valence-electron chi connectivity index (χ2n) is 11.4. The Morgan fingerprint density at radius 2 is 1.98 bits per heavy atom. The van der Waals surface area contributed by atoms with Gasteiger partial charge in [-0.15, -0.1) is 0 Å². The topological polar surface area (TPSA) is 93.7 Å². The summed E-state index contributed by atoms with van der Waals surface area (Å²) in [5.41, 5.74) is 6.43. The summed E-state index contributed by atoms with van der Waals surface area (Å²) in [4.78, 5) is 29.7. The first-order valence-electron chi connectivity index (χ1n) is 14.1. The summed E-state index contributed by atoms with van der Waals surface area (Å²) in [5, 5.41) is 8.44. The maximum Gasteiger partial charge on any atom is 0.318 e. The Balaban J connectivity index is 1.31. The number of rotatable bonds is 6.